The summed E-state index contributed by atoms with van der Waals surface area (Å²) in [5.74, 6) is 0.645. The highest BCUT2D eigenvalue weighted by Gasteiger charge is 2.24. The Balaban J connectivity index is 1.56. The smallest absolute Gasteiger partial charge is 0.262 e. The van der Waals surface area contributed by atoms with Crippen molar-refractivity contribution in [2.75, 3.05) is 18.0 Å². The first-order chi connectivity index (χ1) is 14.4. The molecular weight excluding hydrogens is 380 g/mol. The minimum Gasteiger partial charge on any atom is -0.440 e. The van der Waals surface area contributed by atoms with Crippen LogP contribution in [0.25, 0.3) is 0 Å². The quantitative estimate of drug-likeness (QED) is 0.540. The highest BCUT2D eigenvalue weighted by molar-refractivity contribution is 5.97. The van der Waals surface area contributed by atoms with E-state index in [2.05, 4.69) is 20.7 Å². The Hall–Kier alpha value is -3.09. The number of nitrogens with zero attached hydrogens (tertiary/aromatic N) is 2. The van der Waals surface area contributed by atoms with Crippen LogP contribution in [0, 0.1) is 12.8 Å². The third-order valence-corrected chi connectivity index (χ3v) is 5.20. The molecule has 1 fully saturated rings. The summed E-state index contributed by atoms with van der Waals surface area (Å²) in [5.41, 5.74) is 4.10. The summed E-state index contributed by atoms with van der Waals surface area (Å²) in [7, 11) is 0. The molecule has 1 aromatic carbocycles. The van der Waals surface area contributed by atoms with Crippen molar-refractivity contribution in [3.63, 3.8) is 0 Å². The van der Waals surface area contributed by atoms with Crippen LogP contribution < -0.4 is 15.6 Å². The van der Waals surface area contributed by atoms with Crippen molar-refractivity contribution in [3.05, 3.63) is 53.3 Å². The summed E-state index contributed by atoms with van der Waals surface area (Å²) in [6.45, 7) is 7.70. The van der Waals surface area contributed by atoms with E-state index in [0.29, 0.717) is 11.3 Å². The van der Waals surface area contributed by atoms with Gasteiger partial charge in [0.2, 0.25) is 0 Å². The number of piperidine rings is 1. The Morgan fingerprint density at radius 2 is 1.77 bits per heavy atom. The summed E-state index contributed by atoms with van der Waals surface area (Å²) in [4.78, 5) is 27.3. The third-order valence-electron chi connectivity index (χ3n) is 5.20. The number of benzene rings is 1. The number of furan rings is 1. The number of hydrogen-bond donors (Lipinski definition) is 2. The van der Waals surface area contributed by atoms with Gasteiger partial charge in [-0.3, -0.25) is 9.59 Å². The van der Waals surface area contributed by atoms with Crippen LogP contribution in [0.15, 0.2) is 45.9 Å². The van der Waals surface area contributed by atoms with Crippen LogP contribution in [0.1, 0.15) is 54.8 Å². The van der Waals surface area contributed by atoms with Gasteiger partial charge in [0.05, 0.1) is 6.21 Å². The minimum absolute atomic E-state index is 0.0936. The average Bonchev–Trinajstić information content (AvgIpc) is 3.21. The van der Waals surface area contributed by atoms with Gasteiger partial charge in [0, 0.05) is 24.7 Å². The molecule has 2 aromatic rings. The maximum Gasteiger partial charge on any atom is 0.262 e. The molecule has 1 aliphatic rings. The van der Waals surface area contributed by atoms with Gasteiger partial charge < -0.3 is 14.6 Å². The first-order valence-corrected chi connectivity index (χ1v) is 10.5. The van der Waals surface area contributed by atoms with Gasteiger partial charge in [0.15, 0.2) is 5.88 Å². The number of anilines is 1. The van der Waals surface area contributed by atoms with Crippen LogP contribution >= 0.6 is 0 Å². The lowest BCUT2D eigenvalue weighted by Crippen LogP contribution is -2.48. The van der Waals surface area contributed by atoms with Crippen molar-refractivity contribution in [3.8, 4) is 0 Å². The zero-order chi connectivity index (χ0) is 21.5. The second-order valence-corrected chi connectivity index (χ2v) is 8.02. The molecule has 1 saturated heterocycles. The third kappa shape index (κ3) is 5.72. The maximum absolute atomic E-state index is 12.6. The Morgan fingerprint density at radius 3 is 2.43 bits per heavy atom. The van der Waals surface area contributed by atoms with Crippen molar-refractivity contribution in [2.45, 2.75) is 46.1 Å². The van der Waals surface area contributed by atoms with Crippen molar-refractivity contribution < 1.29 is 14.0 Å². The zero-order valence-electron chi connectivity index (χ0n) is 17.9. The minimum atomic E-state index is -0.698. The number of hydrazone groups is 1. The van der Waals surface area contributed by atoms with Gasteiger partial charge in [-0.15, -0.1) is 0 Å². The Labute approximate surface area is 177 Å². The van der Waals surface area contributed by atoms with E-state index in [1.165, 1.54) is 25.5 Å². The van der Waals surface area contributed by atoms with Crippen LogP contribution in [0.5, 0.6) is 0 Å². The molecule has 3 rings (SSSR count). The van der Waals surface area contributed by atoms with E-state index in [1.807, 2.05) is 45.0 Å². The molecule has 7 nitrogen and oxygen atoms in total. The lowest BCUT2D eigenvalue weighted by molar-refractivity contribution is -0.123. The Morgan fingerprint density at radius 1 is 1.07 bits per heavy atom. The molecule has 1 unspecified atom stereocenters. The van der Waals surface area contributed by atoms with Crippen molar-refractivity contribution in [1.29, 1.82) is 0 Å². The van der Waals surface area contributed by atoms with E-state index in [9.17, 15) is 9.59 Å². The number of rotatable bonds is 7. The molecule has 7 heteroatoms. The fourth-order valence-corrected chi connectivity index (χ4v) is 3.39. The first-order valence-electron chi connectivity index (χ1n) is 10.5. The van der Waals surface area contributed by atoms with Crippen molar-refractivity contribution in [2.24, 2.45) is 11.0 Å². The van der Waals surface area contributed by atoms with E-state index in [4.69, 9.17) is 4.42 Å². The Bertz CT molecular complexity index is 880. The molecule has 1 aromatic heterocycles. The summed E-state index contributed by atoms with van der Waals surface area (Å²) in [6.07, 6.45) is 5.08. The summed E-state index contributed by atoms with van der Waals surface area (Å²) in [5, 5.41) is 6.80. The number of amides is 2. The van der Waals surface area contributed by atoms with E-state index in [-0.39, 0.29) is 17.7 Å². The fourth-order valence-electron chi connectivity index (χ4n) is 3.39. The summed E-state index contributed by atoms with van der Waals surface area (Å²) < 4.78 is 5.80. The van der Waals surface area contributed by atoms with Gasteiger partial charge in [-0.2, -0.15) is 5.10 Å². The van der Waals surface area contributed by atoms with Gasteiger partial charge in [-0.1, -0.05) is 31.5 Å². The second kappa shape index (κ2) is 10.1. The fraction of sp³-hybridized carbons (Fsp3) is 0.435. The topological polar surface area (TPSA) is 86.9 Å². The normalized spacial score (nSPS) is 15.4. The van der Waals surface area contributed by atoms with E-state index in [0.717, 1.165) is 24.5 Å². The number of hydrogen-bond acceptors (Lipinski definition) is 5. The summed E-state index contributed by atoms with van der Waals surface area (Å²) >= 11 is 0. The van der Waals surface area contributed by atoms with Gasteiger partial charge in [-0.25, -0.2) is 5.43 Å². The van der Waals surface area contributed by atoms with Crippen LogP contribution in [-0.4, -0.2) is 37.2 Å². The van der Waals surface area contributed by atoms with Crippen LogP contribution in [0.3, 0.4) is 0 Å². The van der Waals surface area contributed by atoms with E-state index in [1.54, 1.807) is 12.1 Å². The number of carbonyl (C=O) groups is 2. The van der Waals surface area contributed by atoms with E-state index < -0.39 is 6.04 Å². The molecule has 2 amide bonds. The molecule has 0 radical (unpaired) electrons. The second-order valence-electron chi connectivity index (χ2n) is 8.02. The maximum atomic E-state index is 12.6. The highest BCUT2D eigenvalue weighted by Crippen LogP contribution is 2.21. The Kier molecular flexibility index (Phi) is 7.27. The van der Waals surface area contributed by atoms with Gasteiger partial charge in [0.1, 0.15) is 11.8 Å². The first kappa shape index (κ1) is 21.6. The van der Waals surface area contributed by atoms with Crippen LogP contribution in [-0.2, 0) is 4.79 Å². The zero-order valence-corrected chi connectivity index (χ0v) is 17.9. The van der Waals surface area contributed by atoms with Gasteiger partial charge >= 0.3 is 0 Å². The van der Waals surface area contributed by atoms with E-state index >= 15 is 0 Å². The van der Waals surface area contributed by atoms with Crippen molar-refractivity contribution in [1.82, 2.24) is 10.7 Å². The molecular formula is C23H30N4O3. The van der Waals surface area contributed by atoms with Gasteiger partial charge in [-0.05, 0) is 50.3 Å². The molecule has 160 valence electrons. The molecule has 2 heterocycles. The molecule has 2 N–H and O–H groups in total. The molecule has 0 saturated carbocycles. The summed E-state index contributed by atoms with van der Waals surface area (Å²) in [6, 6.07) is 10.3. The molecule has 1 atom stereocenters. The predicted octanol–water partition coefficient (Wildman–Crippen LogP) is 3.48. The van der Waals surface area contributed by atoms with Crippen molar-refractivity contribution >= 4 is 23.9 Å². The lowest BCUT2D eigenvalue weighted by atomic mass is 10.0. The SMILES string of the molecule is Cc1ccc(C(=O)NC(C(=O)N/N=C\c2ccc(N3CCCCC3)o2)C(C)C)cc1. The van der Waals surface area contributed by atoms with Crippen LogP contribution in [0.4, 0.5) is 5.88 Å². The molecule has 0 spiro atoms. The monoisotopic (exact) mass is 410 g/mol. The standard InChI is InChI=1S/C23H30N4O3/c1-16(2)21(25-22(28)18-9-7-17(3)8-10-18)23(29)26-24-15-19-11-12-20(30-19)27-13-5-4-6-14-27/h7-12,15-16,21H,4-6,13-14H2,1-3H3,(H,25,28)(H,26,29)/b24-15-. The number of aryl methyl sites for hydroxylation is 1. The number of nitrogens with one attached hydrogen (secondary N) is 2. The average molecular weight is 411 g/mol. The highest BCUT2D eigenvalue weighted by atomic mass is 16.4. The predicted molar refractivity (Wildman–Crippen MR) is 118 cm³/mol. The molecule has 0 bridgehead atoms. The van der Waals surface area contributed by atoms with Crippen LogP contribution in [0.2, 0.25) is 0 Å². The molecule has 1 aliphatic heterocycles. The van der Waals surface area contributed by atoms with Gasteiger partial charge in [0.25, 0.3) is 11.8 Å². The number of carbonyl (C=O) groups excluding carboxylic acids is 2. The molecule has 0 aliphatic carbocycles. The molecule has 30 heavy (non-hydrogen) atoms. The largest absolute Gasteiger partial charge is 0.440 e. The lowest BCUT2D eigenvalue weighted by Gasteiger charge is -2.25.